The average molecular weight is 260 g/mol. The molecule has 4 nitrogen and oxygen atoms in total. The van der Waals surface area contributed by atoms with Crippen molar-refractivity contribution < 1.29 is 9.90 Å². The number of hydrogen-bond acceptors (Lipinski definition) is 3. The van der Waals surface area contributed by atoms with Crippen LogP contribution in [0.3, 0.4) is 0 Å². The number of hydrogen-bond donors (Lipinski definition) is 2. The van der Waals surface area contributed by atoms with E-state index < -0.39 is 0 Å². The number of amides is 1. The quantitative estimate of drug-likeness (QED) is 0.790. The van der Waals surface area contributed by atoms with E-state index in [1.54, 1.807) is 12.3 Å². The lowest BCUT2D eigenvalue weighted by Gasteiger charge is -2.13. The number of carbonyl (C=O) groups excluding carboxylic acids is 1. The molecule has 1 aromatic heterocycles. The van der Waals surface area contributed by atoms with Crippen molar-refractivity contribution in [3.8, 4) is 11.8 Å². The molecular weight excluding hydrogens is 240 g/mol. The van der Waals surface area contributed by atoms with Crippen LogP contribution in [0, 0.1) is 17.8 Å². The third-order valence-electron chi connectivity index (χ3n) is 3.07. The number of aliphatic hydroxyl groups is 1. The van der Waals surface area contributed by atoms with Gasteiger partial charge in [0.25, 0.3) is 5.91 Å². The van der Waals surface area contributed by atoms with Crippen molar-refractivity contribution in [3.05, 3.63) is 29.6 Å². The summed E-state index contributed by atoms with van der Waals surface area (Å²) in [7, 11) is 0. The Morgan fingerprint density at radius 3 is 2.84 bits per heavy atom. The van der Waals surface area contributed by atoms with E-state index in [4.69, 9.17) is 5.11 Å². The van der Waals surface area contributed by atoms with E-state index >= 15 is 0 Å². The van der Waals surface area contributed by atoms with Crippen LogP contribution in [0.5, 0.6) is 0 Å². The first-order chi connectivity index (χ1) is 9.22. The minimum absolute atomic E-state index is 0.142. The summed E-state index contributed by atoms with van der Waals surface area (Å²) in [5.41, 5.74) is 1.04. The average Bonchev–Trinajstić information content (AvgIpc) is 2.46. The van der Waals surface area contributed by atoms with E-state index in [0.717, 1.165) is 12.8 Å². The molecule has 0 radical (unpaired) electrons. The largest absolute Gasteiger partial charge is 0.384 e. The molecule has 0 aliphatic carbocycles. The molecule has 0 fully saturated rings. The number of rotatable bonds is 5. The van der Waals surface area contributed by atoms with Crippen molar-refractivity contribution in [2.45, 2.75) is 26.7 Å². The maximum Gasteiger partial charge on any atom is 0.252 e. The van der Waals surface area contributed by atoms with E-state index in [1.165, 1.54) is 6.20 Å². The third-order valence-corrected chi connectivity index (χ3v) is 3.07. The summed E-state index contributed by atoms with van der Waals surface area (Å²) >= 11 is 0. The summed E-state index contributed by atoms with van der Waals surface area (Å²) in [5.74, 6) is 5.62. The second-order valence-corrected chi connectivity index (χ2v) is 4.27. The standard InChI is InChI=1S/C15H20N2O2/c1-3-12(4-2)10-17-15(19)14-7-8-16-11-13(14)6-5-9-18/h7-8,11-12,18H,3-4,9-10H2,1-2H3,(H,17,19). The van der Waals surface area contributed by atoms with Crippen LogP contribution in [0.15, 0.2) is 18.5 Å². The Morgan fingerprint density at radius 2 is 2.21 bits per heavy atom. The monoisotopic (exact) mass is 260 g/mol. The van der Waals surface area contributed by atoms with Crippen LogP contribution in [0.4, 0.5) is 0 Å². The summed E-state index contributed by atoms with van der Waals surface area (Å²) in [5, 5.41) is 11.6. The van der Waals surface area contributed by atoms with Crippen molar-refractivity contribution in [1.29, 1.82) is 0 Å². The van der Waals surface area contributed by atoms with Crippen LogP contribution in [0.2, 0.25) is 0 Å². The SMILES string of the molecule is CCC(CC)CNC(=O)c1ccncc1C#CCO. The van der Waals surface area contributed by atoms with Gasteiger partial charge in [0.2, 0.25) is 0 Å². The van der Waals surface area contributed by atoms with E-state index in [0.29, 0.717) is 23.6 Å². The second-order valence-electron chi connectivity index (χ2n) is 4.27. The molecule has 102 valence electrons. The van der Waals surface area contributed by atoms with E-state index in [2.05, 4.69) is 36.0 Å². The molecule has 0 aromatic carbocycles. The Kier molecular flexibility index (Phi) is 6.62. The smallest absolute Gasteiger partial charge is 0.252 e. The summed E-state index contributed by atoms with van der Waals surface area (Å²) < 4.78 is 0. The minimum Gasteiger partial charge on any atom is -0.384 e. The maximum absolute atomic E-state index is 12.1. The lowest BCUT2D eigenvalue weighted by Crippen LogP contribution is -2.29. The number of nitrogens with zero attached hydrogens (tertiary/aromatic N) is 1. The Bertz CT molecular complexity index is 471. The molecule has 0 spiro atoms. The van der Waals surface area contributed by atoms with Gasteiger partial charge >= 0.3 is 0 Å². The van der Waals surface area contributed by atoms with Crippen molar-refractivity contribution >= 4 is 5.91 Å². The molecular formula is C15H20N2O2. The van der Waals surface area contributed by atoms with Crippen LogP contribution >= 0.6 is 0 Å². The fraction of sp³-hybridized carbons (Fsp3) is 0.467. The van der Waals surface area contributed by atoms with Gasteiger partial charge in [0, 0.05) is 18.9 Å². The summed E-state index contributed by atoms with van der Waals surface area (Å²) in [6.45, 7) is 4.67. The molecule has 4 heteroatoms. The molecule has 1 rings (SSSR count). The summed E-state index contributed by atoms with van der Waals surface area (Å²) in [6, 6.07) is 1.64. The highest BCUT2D eigenvalue weighted by Gasteiger charge is 2.11. The van der Waals surface area contributed by atoms with Gasteiger partial charge < -0.3 is 10.4 Å². The minimum atomic E-state index is -0.232. The van der Waals surface area contributed by atoms with Crippen molar-refractivity contribution in [2.24, 2.45) is 5.92 Å². The molecule has 1 aromatic rings. The first-order valence-corrected chi connectivity index (χ1v) is 6.54. The van der Waals surface area contributed by atoms with Gasteiger partial charge in [-0.1, -0.05) is 38.5 Å². The number of carbonyl (C=O) groups is 1. The second kappa shape index (κ2) is 8.28. The molecule has 1 heterocycles. The molecule has 0 bridgehead atoms. The number of aromatic nitrogens is 1. The van der Waals surface area contributed by atoms with Gasteiger partial charge in [-0.2, -0.15) is 0 Å². The van der Waals surface area contributed by atoms with E-state index in [9.17, 15) is 4.79 Å². The molecule has 2 N–H and O–H groups in total. The molecule has 0 saturated heterocycles. The van der Waals surface area contributed by atoms with E-state index in [1.807, 2.05) is 0 Å². The number of aliphatic hydroxyl groups excluding tert-OH is 1. The van der Waals surface area contributed by atoms with Crippen LogP contribution in [0.25, 0.3) is 0 Å². The highest BCUT2D eigenvalue weighted by atomic mass is 16.2. The zero-order valence-electron chi connectivity index (χ0n) is 11.4. The topological polar surface area (TPSA) is 62.2 Å². The fourth-order valence-corrected chi connectivity index (χ4v) is 1.74. The Balaban J connectivity index is 2.76. The van der Waals surface area contributed by atoms with Crippen molar-refractivity contribution in [3.63, 3.8) is 0 Å². The summed E-state index contributed by atoms with van der Waals surface area (Å²) in [6.07, 6.45) is 5.19. The molecule has 0 atom stereocenters. The molecule has 19 heavy (non-hydrogen) atoms. The van der Waals surface area contributed by atoms with Gasteiger partial charge in [0.05, 0.1) is 11.1 Å². The van der Waals surface area contributed by atoms with Gasteiger partial charge in [0.15, 0.2) is 0 Å². The number of nitrogens with one attached hydrogen (secondary N) is 1. The van der Waals surface area contributed by atoms with Gasteiger partial charge in [-0.25, -0.2) is 0 Å². The van der Waals surface area contributed by atoms with Crippen molar-refractivity contribution in [1.82, 2.24) is 10.3 Å². The van der Waals surface area contributed by atoms with Crippen LogP contribution in [-0.4, -0.2) is 29.1 Å². The van der Waals surface area contributed by atoms with Crippen LogP contribution in [0.1, 0.15) is 42.6 Å². The highest BCUT2D eigenvalue weighted by molar-refractivity contribution is 5.96. The van der Waals surface area contributed by atoms with E-state index in [-0.39, 0.29) is 12.5 Å². The molecule has 0 aliphatic heterocycles. The lowest BCUT2D eigenvalue weighted by atomic mass is 10.0. The lowest BCUT2D eigenvalue weighted by molar-refractivity contribution is 0.0946. The van der Waals surface area contributed by atoms with Gasteiger partial charge in [-0.15, -0.1) is 0 Å². The highest BCUT2D eigenvalue weighted by Crippen LogP contribution is 2.08. The van der Waals surface area contributed by atoms with Crippen molar-refractivity contribution in [2.75, 3.05) is 13.2 Å². The maximum atomic E-state index is 12.1. The first-order valence-electron chi connectivity index (χ1n) is 6.54. The third kappa shape index (κ3) is 4.72. The Labute approximate surface area is 114 Å². The molecule has 1 amide bonds. The Hall–Kier alpha value is -1.86. The Morgan fingerprint density at radius 1 is 1.47 bits per heavy atom. The number of pyridine rings is 1. The van der Waals surface area contributed by atoms with Gasteiger partial charge in [0.1, 0.15) is 6.61 Å². The zero-order valence-corrected chi connectivity index (χ0v) is 11.4. The molecule has 0 saturated carbocycles. The van der Waals surface area contributed by atoms with Crippen LogP contribution in [-0.2, 0) is 0 Å². The molecule has 0 unspecified atom stereocenters. The normalized spacial score (nSPS) is 9.89. The van der Waals surface area contributed by atoms with Gasteiger partial charge in [-0.05, 0) is 12.0 Å². The predicted octanol–water partition coefficient (Wildman–Crippen LogP) is 1.59. The fourth-order valence-electron chi connectivity index (χ4n) is 1.74. The molecule has 0 aliphatic rings. The first kappa shape index (κ1) is 15.2. The van der Waals surface area contributed by atoms with Gasteiger partial charge in [-0.3, -0.25) is 9.78 Å². The predicted molar refractivity (Wildman–Crippen MR) is 74.6 cm³/mol. The van der Waals surface area contributed by atoms with Crippen LogP contribution < -0.4 is 5.32 Å². The zero-order chi connectivity index (χ0) is 14.1. The summed E-state index contributed by atoms with van der Waals surface area (Å²) in [4.78, 5) is 16.0.